The summed E-state index contributed by atoms with van der Waals surface area (Å²) in [5.74, 6) is 0. The van der Waals surface area contributed by atoms with Crippen LogP contribution in [0.4, 0.5) is 5.69 Å². The lowest BCUT2D eigenvalue weighted by molar-refractivity contribution is 0.600. The van der Waals surface area contributed by atoms with Gasteiger partial charge in [0.15, 0.2) is 0 Å². The lowest BCUT2D eigenvalue weighted by atomic mass is 10.3. The molecule has 2 rings (SSSR count). The number of nitrogens with one attached hydrogen (secondary N) is 2. The predicted molar refractivity (Wildman–Crippen MR) is 63.1 cm³/mol. The van der Waals surface area contributed by atoms with Crippen molar-refractivity contribution in [2.45, 2.75) is 18.7 Å². The molecule has 2 N–H and O–H groups in total. The number of aromatic nitrogens is 3. The van der Waals surface area contributed by atoms with Crippen LogP contribution in [0.1, 0.15) is 11.4 Å². The topological polar surface area (TPSA) is 87.7 Å². The standard InChI is InChI=1S/C10H12N4O2S/c1-7-10(8(2)13-12-7)14-17(15,16)9-4-3-5-11-6-9/h3-6,14H,1-2H3,(H,12,13). The number of aryl methyl sites for hydroxylation is 2. The quantitative estimate of drug-likeness (QED) is 0.859. The SMILES string of the molecule is Cc1n[nH]c(C)c1NS(=O)(=O)c1cccnc1. The first-order chi connectivity index (χ1) is 8.00. The minimum Gasteiger partial charge on any atom is -0.280 e. The zero-order valence-electron chi connectivity index (χ0n) is 9.43. The van der Waals surface area contributed by atoms with Crippen LogP contribution in [0.25, 0.3) is 0 Å². The molecule has 0 aliphatic rings. The largest absolute Gasteiger partial charge is 0.280 e. The van der Waals surface area contributed by atoms with Crippen LogP contribution in [-0.4, -0.2) is 23.6 Å². The Hall–Kier alpha value is -1.89. The molecule has 0 saturated carbocycles. The van der Waals surface area contributed by atoms with Crippen LogP contribution in [0.3, 0.4) is 0 Å². The molecule has 0 unspecified atom stereocenters. The predicted octanol–water partition coefficient (Wildman–Crippen LogP) is 1.22. The summed E-state index contributed by atoms with van der Waals surface area (Å²) in [6, 6.07) is 3.06. The summed E-state index contributed by atoms with van der Waals surface area (Å²) in [7, 11) is -3.60. The molecule has 0 spiro atoms. The first kappa shape index (κ1) is 11.6. The van der Waals surface area contributed by atoms with Gasteiger partial charge in [-0.2, -0.15) is 5.10 Å². The monoisotopic (exact) mass is 252 g/mol. The normalized spacial score (nSPS) is 11.4. The Morgan fingerprint density at radius 3 is 2.65 bits per heavy atom. The Balaban J connectivity index is 2.37. The Morgan fingerprint density at radius 2 is 2.12 bits per heavy atom. The van der Waals surface area contributed by atoms with Crippen molar-refractivity contribution in [2.75, 3.05) is 4.72 Å². The average Bonchev–Trinajstić information content (AvgIpc) is 2.62. The summed E-state index contributed by atoms with van der Waals surface area (Å²) in [5, 5.41) is 6.64. The molecule has 0 aliphatic carbocycles. The van der Waals surface area contributed by atoms with Crippen LogP contribution in [0.2, 0.25) is 0 Å². The smallest absolute Gasteiger partial charge is 0.263 e. The highest BCUT2D eigenvalue weighted by Crippen LogP contribution is 2.20. The summed E-state index contributed by atoms with van der Waals surface area (Å²) in [4.78, 5) is 3.91. The molecule has 17 heavy (non-hydrogen) atoms. The van der Waals surface area contributed by atoms with E-state index in [0.29, 0.717) is 17.1 Å². The van der Waals surface area contributed by atoms with Gasteiger partial charge in [-0.1, -0.05) is 0 Å². The number of pyridine rings is 1. The van der Waals surface area contributed by atoms with E-state index in [-0.39, 0.29) is 4.90 Å². The van der Waals surface area contributed by atoms with Gasteiger partial charge in [0, 0.05) is 12.4 Å². The lowest BCUT2D eigenvalue weighted by Gasteiger charge is -2.07. The summed E-state index contributed by atoms with van der Waals surface area (Å²) >= 11 is 0. The molecule has 2 aromatic heterocycles. The fourth-order valence-electron chi connectivity index (χ4n) is 1.40. The highest BCUT2D eigenvalue weighted by Gasteiger charge is 2.17. The molecule has 90 valence electrons. The van der Waals surface area contributed by atoms with Gasteiger partial charge in [0.2, 0.25) is 0 Å². The van der Waals surface area contributed by atoms with Gasteiger partial charge < -0.3 is 0 Å². The summed E-state index contributed by atoms with van der Waals surface area (Å²) < 4.78 is 26.5. The van der Waals surface area contributed by atoms with Gasteiger partial charge in [0.25, 0.3) is 10.0 Å². The maximum absolute atomic E-state index is 12.0. The summed E-state index contributed by atoms with van der Waals surface area (Å²) in [6.45, 7) is 3.48. The van der Waals surface area contributed by atoms with Crippen molar-refractivity contribution < 1.29 is 8.42 Å². The molecule has 0 radical (unpaired) electrons. The van der Waals surface area contributed by atoms with Crippen molar-refractivity contribution in [3.63, 3.8) is 0 Å². The van der Waals surface area contributed by atoms with Gasteiger partial charge in [-0.25, -0.2) is 8.42 Å². The van der Waals surface area contributed by atoms with E-state index in [4.69, 9.17) is 0 Å². The summed E-state index contributed by atoms with van der Waals surface area (Å²) in [6.07, 6.45) is 2.82. The number of rotatable bonds is 3. The van der Waals surface area contributed by atoms with Crippen molar-refractivity contribution in [3.05, 3.63) is 35.9 Å². The Bertz CT molecular complexity index is 600. The molecule has 0 saturated heterocycles. The number of H-pyrrole nitrogens is 1. The highest BCUT2D eigenvalue weighted by molar-refractivity contribution is 7.92. The van der Waals surface area contributed by atoms with Crippen molar-refractivity contribution in [1.82, 2.24) is 15.2 Å². The maximum atomic E-state index is 12.0. The van der Waals surface area contributed by atoms with Gasteiger partial charge in [-0.05, 0) is 26.0 Å². The van der Waals surface area contributed by atoms with E-state index >= 15 is 0 Å². The maximum Gasteiger partial charge on any atom is 0.263 e. The Morgan fingerprint density at radius 1 is 1.35 bits per heavy atom. The van der Waals surface area contributed by atoms with E-state index in [0.717, 1.165) is 0 Å². The first-order valence-electron chi connectivity index (χ1n) is 4.95. The zero-order chi connectivity index (χ0) is 12.5. The van der Waals surface area contributed by atoms with Gasteiger partial charge in [-0.15, -0.1) is 0 Å². The number of nitrogens with zero attached hydrogens (tertiary/aromatic N) is 2. The fraction of sp³-hybridized carbons (Fsp3) is 0.200. The van der Waals surface area contributed by atoms with Crippen LogP contribution in [0.5, 0.6) is 0 Å². The third kappa shape index (κ3) is 2.28. The molecular weight excluding hydrogens is 240 g/mol. The van der Waals surface area contributed by atoms with Crippen molar-refractivity contribution in [3.8, 4) is 0 Å². The minimum atomic E-state index is -3.60. The number of aromatic amines is 1. The van der Waals surface area contributed by atoms with Crippen LogP contribution < -0.4 is 4.72 Å². The number of anilines is 1. The Kier molecular flexibility index (Phi) is 2.84. The second-order valence-electron chi connectivity index (χ2n) is 3.60. The van der Waals surface area contributed by atoms with Crippen LogP contribution in [0.15, 0.2) is 29.4 Å². The van der Waals surface area contributed by atoms with E-state index in [2.05, 4.69) is 19.9 Å². The van der Waals surface area contributed by atoms with Crippen LogP contribution >= 0.6 is 0 Å². The van der Waals surface area contributed by atoms with Gasteiger partial charge in [0.1, 0.15) is 4.90 Å². The summed E-state index contributed by atoms with van der Waals surface area (Å²) in [5.41, 5.74) is 1.76. The molecule has 2 heterocycles. The van der Waals surface area contributed by atoms with E-state index in [1.54, 1.807) is 19.9 Å². The van der Waals surface area contributed by atoms with Crippen LogP contribution in [-0.2, 0) is 10.0 Å². The molecule has 0 aromatic carbocycles. The minimum absolute atomic E-state index is 0.125. The first-order valence-corrected chi connectivity index (χ1v) is 6.43. The number of hydrogen-bond donors (Lipinski definition) is 2. The molecule has 0 bridgehead atoms. The van der Waals surface area contributed by atoms with E-state index in [9.17, 15) is 8.42 Å². The highest BCUT2D eigenvalue weighted by atomic mass is 32.2. The van der Waals surface area contributed by atoms with E-state index in [1.807, 2.05) is 0 Å². The van der Waals surface area contributed by atoms with Crippen molar-refractivity contribution in [2.24, 2.45) is 0 Å². The van der Waals surface area contributed by atoms with Gasteiger partial charge in [0.05, 0.1) is 17.1 Å². The Labute approximate surface area is 99.1 Å². The molecule has 7 heteroatoms. The fourth-order valence-corrected chi connectivity index (χ4v) is 2.55. The van der Waals surface area contributed by atoms with Crippen molar-refractivity contribution in [1.29, 1.82) is 0 Å². The molecule has 0 fully saturated rings. The van der Waals surface area contributed by atoms with Gasteiger partial charge >= 0.3 is 0 Å². The van der Waals surface area contributed by atoms with E-state index < -0.39 is 10.0 Å². The molecular formula is C10H12N4O2S. The molecule has 0 aliphatic heterocycles. The second kappa shape index (κ2) is 4.17. The zero-order valence-corrected chi connectivity index (χ0v) is 10.2. The molecule has 0 atom stereocenters. The molecule has 2 aromatic rings. The third-order valence-corrected chi connectivity index (χ3v) is 3.64. The lowest BCUT2D eigenvalue weighted by Crippen LogP contribution is -2.14. The molecule has 6 nitrogen and oxygen atoms in total. The van der Waals surface area contributed by atoms with E-state index in [1.165, 1.54) is 18.5 Å². The number of hydrogen-bond acceptors (Lipinski definition) is 4. The average molecular weight is 252 g/mol. The van der Waals surface area contributed by atoms with Crippen LogP contribution in [0, 0.1) is 13.8 Å². The van der Waals surface area contributed by atoms with Gasteiger partial charge in [-0.3, -0.25) is 14.8 Å². The number of sulfonamides is 1. The van der Waals surface area contributed by atoms with Crippen molar-refractivity contribution >= 4 is 15.7 Å². The molecule has 0 amide bonds. The third-order valence-electron chi connectivity index (χ3n) is 2.31. The second-order valence-corrected chi connectivity index (χ2v) is 5.29.